The number of anilines is 1. The van der Waals surface area contributed by atoms with Gasteiger partial charge >= 0.3 is 0 Å². The van der Waals surface area contributed by atoms with Gasteiger partial charge in [0, 0.05) is 12.6 Å². The van der Waals surface area contributed by atoms with E-state index in [2.05, 4.69) is 5.32 Å². The summed E-state index contributed by atoms with van der Waals surface area (Å²) in [4.78, 5) is 28.5. The number of benzene rings is 3. The Morgan fingerprint density at radius 3 is 2.41 bits per heavy atom. The van der Waals surface area contributed by atoms with Crippen LogP contribution in [0.5, 0.6) is 11.5 Å². The first-order valence-corrected chi connectivity index (χ1v) is 10.6. The van der Waals surface area contributed by atoms with Crippen LogP contribution < -0.4 is 14.8 Å². The molecule has 3 aromatic carbocycles. The van der Waals surface area contributed by atoms with Crippen LogP contribution in [0.4, 0.5) is 5.69 Å². The van der Waals surface area contributed by atoms with Gasteiger partial charge in [-0.1, -0.05) is 42.5 Å². The molecule has 32 heavy (non-hydrogen) atoms. The lowest BCUT2D eigenvalue weighted by Gasteiger charge is -2.39. The molecule has 0 spiro atoms. The molecule has 2 amide bonds. The van der Waals surface area contributed by atoms with E-state index in [0.29, 0.717) is 34.9 Å². The third-order valence-corrected chi connectivity index (χ3v) is 5.76. The van der Waals surface area contributed by atoms with E-state index in [-0.39, 0.29) is 11.8 Å². The zero-order valence-electron chi connectivity index (χ0n) is 18.4. The number of methoxy groups -OCH3 is 1. The van der Waals surface area contributed by atoms with Crippen molar-refractivity contribution in [1.29, 1.82) is 0 Å². The first kappa shape index (κ1) is 21.4. The van der Waals surface area contributed by atoms with Crippen LogP contribution in [0.2, 0.25) is 0 Å². The van der Waals surface area contributed by atoms with Crippen LogP contribution in [-0.2, 0) is 4.79 Å². The highest BCUT2D eigenvalue weighted by molar-refractivity contribution is 6.04. The quantitative estimate of drug-likeness (QED) is 0.619. The summed E-state index contributed by atoms with van der Waals surface area (Å²) in [5, 5.41) is 3.04. The predicted octanol–water partition coefficient (Wildman–Crippen LogP) is 4.64. The minimum atomic E-state index is -0.600. The molecule has 0 saturated heterocycles. The largest absolute Gasteiger partial charge is 0.497 e. The summed E-state index contributed by atoms with van der Waals surface area (Å²) in [6.07, 6.45) is 0. The molecule has 4 rings (SSSR count). The zero-order chi connectivity index (χ0) is 22.7. The Balaban J connectivity index is 1.78. The van der Waals surface area contributed by atoms with Crippen molar-refractivity contribution in [1.82, 2.24) is 4.90 Å². The lowest BCUT2D eigenvalue weighted by molar-refractivity contribution is -0.119. The summed E-state index contributed by atoms with van der Waals surface area (Å²) < 4.78 is 11.0. The topological polar surface area (TPSA) is 67.9 Å². The first-order chi connectivity index (χ1) is 15.5. The summed E-state index contributed by atoms with van der Waals surface area (Å²) in [6.45, 7) is 2.39. The summed E-state index contributed by atoms with van der Waals surface area (Å²) in [5.74, 6) is 0.408. The minimum absolute atomic E-state index is 0.111. The Kier molecular flexibility index (Phi) is 6.12. The molecule has 3 aromatic rings. The number of ether oxygens (including phenoxy) is 2. The second-order valence-electron chi connectivity index (χ2n) is 7.62. The number of carbonyl (C=O) groups excluding carboxylic acids is 2. The average Bonchev–Trinajstić information content (AvgIpc) is 2.82. The van der Waals surface area contributed by atoms with E-state index in [1.54, 1.807) is 25.1 Å². The molecule has 6 heteroatoms. The fourth-order valence-corrected chi connectivity index (χ4v) is 4.24. The number of rotatable bonds is 6. The maximum absolute atomic E-state index is 13.7. The summed E-state index contributed by atoms with van der Waals surface area (Å²) in [6, 6.07) is 21.7. The third-order valence-electron chi connectivity index (χ3n) is 5.76. The monoisotopic (exact) mass is 430 g/mol. The molecule has 6 nitrogen and oxygen atoms in total. The van der Waals surface area contributed by atoms with Crippen molar-refractivity contribution >= 4 is 17.5 Å². The van der Waals surface area contributed by atoms with Gasteiger partial charge < -0.3 is 19.7 Å². The van der Waals surface area contributed by atoms with Gasteiger partial charge in [0.2, 0.25) is 5.91 Å². The van der Waals surface area contributed by atoms with Crippen LogP contribution in [0, 0.1) is 0 Å². The second-order valence-corrected chi connectivity index (χ2v) is 7.62. The summed E-state index contributed by atoms with van der Waals surface area (Å²) in [7, 11) is 3.34. The number of nitrogens with one attached hydrogen (secondary N) is 1. The molecule has 0 aliphatic carbocycles. The van der Waals surface area contributed by atoms with Gasteiger partial charge in [0.25, 0.3) is 5.91 Å². The van der Waals surface area contributed by atoms with E-state index in [0.717, 1.165) is 5.56 Å². The zero-order valence-corrected chi connectivity index (χ0v) is 18.4. The van der Waals surface area contributed by atoms with Gasteiger partial charge in [0.15, 0.2) is 0 Å². The van der Waals surface area contributed by atoms with Crippen LogP contribution in [-0.4, -0.2) is 37.5 Å². The van der Waals surface area contributed by atoms with Crippen LogP contribution in [0.25, 0.3) is 0 Å². The molecule has 1 N–H and O–H groups in total. The van der Waals surface area contributed by atoms with Crippen molar-refractivity contribution < 1.29 is 19.1 Å². The molecular formula is C26H26N2O4. The second kappa shape index (κ2) is 9.14. The van der Waals surface area contributed by atoms with E-state index < -0.39 is 12.0 Å². The van der Waals surface area contributed by atoms with Crippen molar-refractivity contribution in [3.63, 3.8) is 0 Å². The van der Waals surface area contributed by atoms with Crippen LogP contribution in [0.1, 0.15) is 40.4 Å². The van der Waals surface area contributed by atoms with Gasteiger partial charge in [0.1, 0.15) is 11.5 Å². The standard InChI is InChI=1S/C26H26N2O4/c1-4-32-22-12-8-7-11-21(22)27-25(29)23-19-9-5-6-10-20(19)26(30)28(2)24(23)17-13-15-18(31-3)16-14-17/h5-16,23-24H,4H2,1-3H3,(H,27,29)/t23-,24+/m0/s1. The van der Waals surface area contributed by atoms with Crippen molar-refractivity contribution in [3.05, 3.63) is 89.5 Å². The lowest BCUT2D eigenvalue weighted by Crippen LogP contribution is -2.44. The number of para-hydroxylation sites is 2. The molecule has 0 fully saturated rings. The maximum Gasteiger partial charge on any atom is 0.254 e. The first-order valence-electron chi connectivity index (χ1n) is 10.6. The van der Waals surface area contributed by atoms with Gasteiger partial charge in [-0.2, -0.15) is 0 Å². The smallest absolute Gasteiger partial charge is 0.254 e. The number of fused-ring (bicyclic) bond motifs is 1. The average molecular weight is 431 g/mol. The molecule has 0 unspecified atom stereocenters. The fraction of sp³-hybridized carbons (Fsp3) is 0.231. The molecule has 1 aliphatic heterocycles. The number of likely N-dealkylation sites (N-methyl/N-ethyl adjacent to an activating group) is 1. The fourth-order valence-electron chi connectivity index (χ4n) is 4.24. The van der Waals surface area contributed by atoms with Gasteiger partial charge in [-0.05, 0) is 48.4 Å². The summed E-state index contributed by atoms with van der Waals surface area (Å²) in [5.41, 5.74) is 2.71. The normalized spacial score (nSPS) is 17.5. The van der Waals surface area contributed by atoms with Crippen LogP contribution in [0.3, 0.4) is 0 Å². The van der Waals surface area contributed by atoms with Gasteiger partial charge in [-0.3, -0.25) is 9.59 Å². The van der Waals surface area contributed by atoms with E-state index in [1.807, 2.05) is 73.7 Å². The molecule has 0 saturated carbocycles. The van der Waals surface area contributed by atoms with Crippen LogP contribution in [0.15, 0.2) is 72.8 Å². The highest BCUT2D eigenvalue weighted by atomic mass is 16.5. The summed E-state index contributed by atoms with van der Waals surface area (Å²) >= 11 is 0. The molecular weight excluding hydrogens is 404 g/mol. The molecule has 1 heterocycles. The Labute approximate surface area is 187 Å². The number of nitrogens with zero attached hydrogens (tertiary/aromatic N) is 1. The molecule has 0 aromatic heterocycles. The molecule has 0 bridgehead atoms. The Morgan fingerprint density at radius 1 is 1.00 bits per heavy atom. The van der Waals surface area contributed by atoms with Gasteiger partial charge in [-0.15, -0.1) is 0 Å². The van der Waals surface area contributed by atoms with Gasteiger partial charge in [0.05, 0.1) is 31.4 Å². The molecule has 2 atom stereocenters. The third kappa shape index (κ3) is 3.91. The van der Waals surface area contributed by atoms with Crippen LogP contribution >= 0.6 is 0 Å². The Bertz CT molecular complexity index is 1130. The molecule has 0 radical (unpaired) electrons. The molecule has 164 valence electrons. The number of hydrogen-bond acceptors (Lipinski definition) is 4. The number of carbonyl (C=O) groups is 2. The highest BCUT2D eigenvalue weighted by Crippen LogP contribution is 2.43. The van der Waals surface area contributed by atoms with Crippen molar-refractivity contribution in [3.8, 4) is 11.5 Å². The van der Waals surface area contributed by atoms with E-state index in [9.17, 15) is 9.59 Å². The van der Waals surface area contributed by atoms with Crippen molar-refractivity contribution in [2.24, 2.45) is 0 Å². The maximum atomic E-state index is 13.7. The minimum Gasteiger partial charge on any atom is -0.497 e. The lowest BCUT2D eigenvalue weighted by atomic mass is 9.79. The number of hydrogen-bond donors (Lipinski definition) is 1. The van der Waals surface area contributed by atoms with E-state index >= 15 is 0 Å². The highest BCUT2D eigenvalue weighted by Gasteiger charge is 2.42. The van der Waals surface area contributed by atoms with Crippen molar-refractivity contribution in [2.75, 3.05) is 26.1 Å². The van der Waals surface area contributed by atoms with Gasteiger partial charge in [-0.25, -0.2) is 0 Å². The SMILES string of the molecule is CCOc1ccccc1NC(=O)[C@H]1c2ccccc2C(=O)N(C)[C@@H]1c1ccc(OC)cc1. The predicted molar refractivity (Wildman–Crippen MR) is 123 cm³/mol. The molecule has 1 aliphatic rings. The Morgan fingerprint density at radius 2 is 1.69 bits per heavy atom. The van der Waals surface area contributed by atoms with E-state index in [1.165, 1.54) is 0 Å². The van der Waals surface area contributed by atoms with Crippen molar-refractivity contribution in [2.45, 2.75) is 18.9 Å². The number of amides is 2. The van der Waals surface area contributed by atoms with E-state index in [4.69, 9.17) is 9.47 Å². The Hall–Kier alpha value is -3.80.